The molecule has 3 rings (SSSR count). The molecule has 2 heterocycles. The van der Waals surface area contributed by atoms with Crippen LogP contribution in [0, 0.1) is 0 Å². The van der Waals surface area contributed by atoms with Gasteiger partial charge in [0.1, 0.15) is 17.8 Å². The molecule has 8 heteroatoms. The number of sulfonamides is 1. The minimum absolute atomic E-state index is 0.00621. The number of rotatable bonds is 8. The Morgan fingerprint density at radius 3 is 2.54 bits per heavy atom. The van der Waals surface area contributed by atoms with E-state index in [9.17, 15) is 8.42 Å². The molecular formula is C18H25N3O4S. The van der Waals surface area contributed by atoms with Crippen molar-refractivity contribution < 1.29 is 17.7 Å². The van der Waals surface area contributed by atoms with Gasteiger partial charge >= 0.3 is 0 Å². The molecule has 1 aliphatic rings. The van der Waals surface area contributed by atoms with Crippen molar-refractivity contribution >= 4 is 10.0 Å². The van der Waals surface area contributed by atoms with E-state index in [1.165, 1.54) is 12.7 Å². The third-order valence-electron chi connectivity index (χ3n) is 4.66. The van der Waals surface area contributed by atoms with Gasteiger partial charge < -0.3 is 9.26 Å². The molecule has 0 unspecified atom stereocenters. The summed E-state index contributed by atoms with van der Waals surface area (Å²) in [7, 11) is -1.85. The van der Waals surface area contributed by atoms with Crippen LogP contribution in [0.3, 0.4) is 0 Å². The topological polar surface area (TPSA) is 84.7 Å². The number of likely N-dealkylation sites (tertiary alicyclic amines) is 1. The Labute approximate surface area is 154 Å². The summed E-state index contributed by atoms with van der Waals surface area (Å²) < 4.78 is 37.4. The van der Waals surface area contributed by atoms with Crippen LogP contribution >= 0.6 is 0 Å². The predicted octanol–water partition coefficient (Wildman–Crippen LogP) is 2.33. The number of nitrogens with one attached hydrogen (secondary N) is 1. The van der Waals surface area contributed by atoms with E-state index < -0.39 is 10.0 Å². The number of ether oxygens (including phenoxy) is 1. The van der Waals surface area contributed by atoms with Crippen molar-refractivity contribution in [1.82, 2.24) is 14.8 Å². The first-order chi connectivity index (χ1) is 12.6. The zero-order valence-electron chi connectivity index (χ0n) is 14.9. The molecule has 1 N–H and O–H groups in total. The molecule has 142 valence electrons. The van der Waals surface area contributed by atoms with Crippen LogP contribution in [0.2, 0.25) is 0 Å². The lowest BCUT2D eigenvalue weighted by Crippen LogP contribution is -2.40. The number of nitrogens with zero attached hydrogens (tertiary/aromatic N) is 2. The van der Waals surface area contributed by atoms with Gasteiger partial charge in [-0.2, -0.15) is 0 Å². The summed E-state index contributed by atoms with van der Waals surface area (Å²) >= 11 is 0. The summed E-state index contributed by atoms with van der Waals surface area (Å²) in [5, 5.41) is 3.68. The highest BCUT2D eigenvalue weighted by Gasteiger charge is 2.24. The Kier molecular flexibility index (Phi) is 6.29. The maximum Gasteiger partial charge on any atom is 0.217 e. The summed E-state index contributed by atoms with van der Waals surface area (Å²) in [5.41, 5.74) is 1.48. The summed E-state index contributed by atoms with van der Waals surface area (Å²) in [4.78, 5) is 2.35. The second-order valence-corrected chi connectivity index (χ2v) is 8.29. The Balaban J connectivity index is 1.72. The highest BCUT2D eigenvalue weighted by Crippen LogP contribution is 2.26. The van der Waals surface area contributed by atoms with Crippen LogP contribution in [0.5, 0.6) is 5.75 Å². The van der Waals surface area contributed by atoms with E-state index in [0.29, 0.717) is 12.2 Å². The molecule has 1 aliphatic heterocycles. The summed E-state index contributed by atoms with van der Waals surface area (Å²) in [6, 6.07) is 9.39. The smallest absolute Gasteiger partial charge is 0.217 e. The van der Waals surface area contributed by atoms with E-state index in [4.69, 9.17) is 9.26 Å². The quantitative estimate of drug-likeness (QED) is 0.758. The second-order valence-electron chi connectivity index (χ2n) is 6.48. The Bertz CT molecular complexity index is 769. The molecule has 0 bridgehead atoms. The number of hydrogen-bond donors (Lipinski definition) is 1. The van der Waals surface area contributed by atoms with Gasteiger partial charge in [-0.15, -0.1) is 0 Å². The third-order valence-corrected chi connectivity index (χ3v) is 5.94. The Morgan fingerprint density at radius 1 is 1.19 bits per heavy atom. The van der Waals surface area contributed by atoms with Gasteiger partial charge in [0.25, 0.3) is 0 Å². The summed E-state index contributed by atoms with van der Waals surface area (Å²) in [6.07, 6.45) is 4.87. The van der Waals surface area contributed by atoms with Gasteiger partial charge in [0, 0.05) is 18.7 Å². The molecule has 1 aromatic carbocycles. The van der Waals surface area contributed by atoms with Gasteiger partial charge in [-0.25, -0.2) is 13.1 Å². The molecule has 1 aromatic heterocycles. The van der Waals surface area contributed by atoms with Crippen molar-refractivity contribution in [2.45, 2.75) is 31.1 Å². The second kappa shape index (κ2) is 8.66. The van der Waals surface area contributed by atoms with Crippen LogP contribution in [-0.2, 0) is 15.8 Å². The van der Waals surface area contributed by atoms with Crippen LogP contribution in [0.4, 0.5) is 0 Å². The molecule has 0 spiro atoms. The van der Waals surface area contributed by atoms with Crippen molar-refractivity contribution in [3.8, 4) is 5.75 Å². The summed E-state index contributed by atoms with van der Waals surface area (Å²) in [5.74, 6) is 0.608. The minimum atomic E-state index is -3.48. The molecule has 7 nitrogen and oxygen atoms in total. The fraction of sp³-hybridized carbons (Fsp3) is 0.500. The van der Waals surface area contributed by atoms with Crippen LogP contribution in [0.25, 0.3) is 0 Å². The van der Waals surface area contributed by atoms with Crippen molar-refractivity contribution in [2.24, 2.45) is 0 Å². The average Bonchev–Trinajstić information content (AvgIpc) is 3.15. The average molecular weight is 379 g/mol. The van der Waals surface area contributed by atoms with Crippen molar-refractivity contribution in [3.05, 3.63) is 47.9 Å². The van der Waals surface area contributed by atoms with E-state index >= 15 is 0 Å². The van der Waals surface area contributed by atoms with E-state index in [-0.39, 0.29) is 11.8 Å². The fourth-order valence-electron chi connectivity index (χ4n) is 3.28. The first kappa shape index (κ1) is 18.9. The van der Waals surface area contributed by atoms with Crippen molar-refractivity contribution in [1.29, 1.82) is 0 Å². The van der Waals surface area contributed by atoms with E-state index in [1.807, 2.05) is 24.3 Å². The third kappa shape index (κ3) is 5.06. The number of piperidine rings is 1. The molecule has 0 radical (unpaired) electrons. The molecule has 1 saturated heterocycles. The highest BCUT2D eigenvalue weighted by atomic mass is 32.2. The molecule has 1 atom stereocenters. The Hall–Kier alpha value is -1.90. The maximum atomic E-state index is 12.4. The number of benzene rings is 1. The zero-order chi connectivity index (χ0) is 18.4. The van der Waals surface area contributed by atoms with Gasteiger partial charge in [-0.1, -0.05) is 23.7 Å². The molecule has 1 fully saturated rings. The largest absolute Gasteiger partial charge is 0.497 e. The molecule has 2 aromatic rings. The normalized spacial score (nSPS) is 17.1. The lowest BCUT2D eigenvalue weighted by atomic mass is 10.0. The van der Waals surface area contributed by atoms with E-state index in [2.05, 4.69) is 14.8 Å². The SMILES string of the molecule is COc1ccc([C@@H](CNS(=O)(=O)Cc2ccon2)N2CCCCC2)cc1. The van der Waals surface area contributed by atoms with Crippen LogP contribution in [0.15, 0.2) is 41.1 Å². The first-order valence-electron chi connectivity index (χ1n) is 8.82. The van der Waals surface area contributed by atoms with Crippen LogP contribution < -0.4 is 9.46 Å². The van der Waals surface area contributed by atoms with Crippen molar-refractivity contribution in [2.75, 3.05) is 26.7 Å². The van der Waals surface area contributed by atoms with E-state index in [0.717, 1.165) is 37.2 Å². The lowest BCUT2D eigenvalue weighted by molar-refractivity contribution is 0.164. The van der Waals surface area contributed by atoms with Gasteiger partial charge in [-0.3, -0.25) is 4.90 Å². The maximum absolute atomic E-state index is 12.4. The molecule has 0 amide bonds. The highest BCUT2D eigenvalue weighted by molar-refractivity contribution is 7.88. The lowest BCUT2D eigenvalue weighted by Gasteiger charge is -2.35. The predicted molar refractivity (Wildman–Crippen MR) is 98.3 cm³/mol. The van der Waals surface area contributed by atoms with Gasteiger partial charge in [0.15, 0.2) is 0 Å². The number of aromatic nitrogens is 1. The number of hydrogen-bond acceptors (Lipinski definition) is 6. The van der Waals surface area contributed by atoms with Gasteiger partial charge in [-0.05, 0) is 43.6 Å². The van der Waals surface area contributed by atoms with Crippen molar-refractivity contribution in [3.63, 3.8) is 0 Å². The van der Waals surface area contributed by atoms with Gasteiger partial charge in [0.2, 0.25) is 10.0 Å². The molecule has 0 saturated carbocycles. The minimum Gasteiger partial charge on any atom is -0.497 e. The van der Waals surface area contributed by atoms with E-state index in [1.54, 1.807) is 13.2 Å². The fourth-order valence-corrected chi connectivity index (χ4v) is 4.33. The van der Waals surface area contributed by atoms with Crippen LogP contribution in [-0.4, -0.2) is 45.2 Å². The number of methoxy groups -OCH3 is 1. The summed E-state index contributed by atoms with van der Waals surface area (Å²) in [6.45, 7) is 2.27. The zero-order valence-corrected chi connectivity index (χ0v) is 15.7. The standard InChI is InChI=1S/C18H25N3O4S/c1-24-17-7-5-15(6-8-17)18(21-10-3-2-4-11-21)13-19-26(22,23)14-16-9-12-25-20-16/h5-9,12,18-19H,2-4,10-11,13-14H2,1H3/t18-/m1/s1. The van der Waals surface area contributed by atoms with Crippen LogP contribution in [0.1, 0.15) is 36.6 Å². The monoisotopic (exact) mass is 379 g/mol. The first-order valence-corrected chi connectivity index (χ1v) is 10.5. The molecule has 26 heavy (non-hydrogen) atoms. The van der Waals surface area contributed by atoms with Gasteiger partial charge in [0.05, 0.1) is 12.8 Å². The molecular weight excluding hydrogens is 354 g/mol. The molecule has 0 aliphatic carbocycles. The Morgan fingerprint density at radius 2 is 1.92 bits per heavy atom.